The van der Waals surface area contributed by atoms with E-state index in [9.17, 15) is 4.79 Å². The number of carbonyl (C=O) groups is 1. The SMILES string of the molecule is O=C(CC12C[C@@H]3C[C@H](CC(Br)(C3)C1)C2)NC1CCCCCC1. The predicted octanol–water partition coefficient (Wildman–Crippen LogP) is 4.95. The topological polar surface area (TPSA) is 29.1 Å². The van der Waals surface area contributed by atoms with Gasteiger partial charge in [0.25, 0.3) is 0 Å². The first-order valence-corrected chi connectivity index (χ1v) is 10.3. The molecule has 0 aromatic carbocycles. The van der Waals surface area contributed by atoms with Crippen molar-refractivity contribution in [2.45, 2.75) is 93.8 Å². The van der Waals surface area contributed by atoms with Crippen molar-refractivity contribution in [2.24, 2.45) is 17.3 Å². The van der Waals surface area contributed by atoms with Gasteiger partial charge in [-0.1, -0.05) is 41.6 Å². The molecule has 5 fully saturated rings. The van der Waals surface area contributed by atoms with Crippen LogP contribution >= 0.6 is 15.9 Å². The first kappa shape index (κ1) is 15.5. The quantitative estimate of drug-likeness (QED) is 0.554. The number of carbonyl (C=O) groups excluding carboxylic acids is 1. The number of hydrogen-bond donors (Lipinski definition) is 1. The Morgan fingerprint density at radius 3 is 2.23 bits per heavy atom. The van der Waals surface area contributed by atoms with Crippen LogP contribution in [0.15, 0.2) is 0 Å². The van der Waals surface area contributed by atoms with Gasteiger partial charge < -0.3 is 5.32 Å². The van der Waals surface area contributed by atoms with E-state index in [0.717, 1.165) is 18.3 Å². The van der Waals surface area contributed by atoms with Crippen molar-refractivity contribution in [3.8, 4) is 0 Å². The molecule has 3 heteroatoms. The van der Waals surface area contributed by atoms with E-state index in [0.29, 0.717) is 21.7 Å². The number of hydrogen-bond acceptors (Lipinski definition) is 1. The average Bonchev–Trinajstić information content (AvgIpc) is 2.63. The van der Waals surface area contributed by atoms with Gasteiger partial charge in [0.2, 0.25) is 5.91 Å². The molecule has 0 aromatic heterocycles. The van der Waals surface area contributed by atoms with Crippen LogP contribution in [0.5, 0.6) is 0 Å². The largest absolute Gasteiger partial charge is 0.353 e. The van der Waals surface area contributed by atoms with Crippen molar-refractivity contribution in [3.05, 3.63) is 0 Å². The Hall–Kier alpha value is -0.0500. The third-order valence-electron chi connectivity index (χ3n) is 6.87. The van der Waals surface area contributed by atoms with Crippen LogP contribution in [0.3, 0.4) is 0 Å². The third-order valence-corrected chi connectivity index (χ3v) is 7.79. The van der Waals surface area contributed by atoms with Crippen molar-refractivity contribution < 1.29 is 4.79 Å². The Bertz CT molecular complexity index is 427. The molecule has 0 saturated heterocycles. The molecule has 0 aliphatic heterocycles. The summed E-state index contributed by atoms with van der Waals surface area (Å²) in [5.74, 6) is 2.11. The van der Waals surface area contributed by atoms with Crippen LogP contribution < -0.4 is 5.32 Å². The third kappa shape index (κ3) is 3.12. The number of alkyl halides is 1. The highest BCUT2D eigenvalue weighted by Gasteiger charge is 2.57. The van der Waals surface area contributed by atoms with E-state index in [1.54, 1.807) is 0 Å². The van der Waals surface area contributed by atoms with E-state index in [-0.39, 0.29) is 0 Å². The standard InChI is InChI=1S/C19H30BrNO/c20-19-10-14-7-15(11-19)9-18(8-14,13-19)12-17(22)21-16-5-3-1-2-4-6-16/h14-16H,1-13H2,(H,21,22)/t14-,15-,18?,19?/m0/s1. The van der Waals surface area contributed by atoms with E-state index in [2.05, 4.69) is 21.2 Å². The smallest absolute Gasteiger partial charge is 0.220 e. The molecule has 0 spiro atoms. The summed E-state index contributed by atoms with van der Waals surface area (Å²) >= 11 is 4.06. The van der Waals surface area contributed by atoms with Gasteiger partial charge in [0, 0.05) is 16.8 Å². The second-order valence-corrected chi connectivity index (χ2v) is 10.7. The van der Waals surface area contributed by atoms with E-state index in [1.807, 2.05) is 0 Å². The number of amides is 1. The molecule has 1 amide bonds. The van der Waals surface area contributed by atoms with Crippen molar-refractivity contribution in [3.63, 3.8) is 0 Å². The maximum Gasteiger partial charge on any atom is 0.220 e. The molecule has 124 valence electrons. The highest BCUT2D eigenvalue weighted by Crippen LogP contribution is 2.65. The Balaban J connectivity index is 1.39. The van der Waals surface area contributed by atoms with E-state index >= 15 is 0 Å². The fraction of sp³-hybridized carbons (Fsp3) is 0.947. The van der Waals surface area contributed by atoms with Crippen LogP contribution in [0.25, 0.3) is 0 Å². The van der Waals surface area contributed by atoms with Gasteiger partial charge in [0.05, 0.1) is 0 Å². The molecule has 1 N–H and O–H groups in total. The lowest BCUT2D eigenvalue weighted by atomic mass is 9.48. The molecule has 5 aliphatic rings. The maximum absolute atomic E-state index is 12.7. The summed E-state index contributed by atoms with van der Waals surface area (Å²) in [4.78, 5) is 12.7. The molecule has 2 atom stereocenters. The normalized spacial score (nSPS) is 44.8. The Kier molecular flexibility index (Phi) is 4.07. The number of nitrogens with one attached hydrogen (secondary N) is 1. The minimum atomic E-state index is 0.322. The van der Waals surface area contributed by atoms with Crippen LogP contribution in [0, 0.1) is 17.3 Å². The molecule has 5 aliphatic carbocycles. The zero-order valence-corrected chi connectivity index (χ0v) is 15.3. The summed E-state index contributed by atoms with van der Waals surface area (Å²) in [5, 5.41) is 3.39. The van der Waals surface area contributed by atoms with Crippen molar-refractivity contribution in [2.75, 3.05) is 0 Å². The maximum atomic E-state index is 12.7. The van der Waals surface area contributed by atoms with Crippen LogP contribution in [0.4, 0.5) is 0 Å². The summed E-state index contributed by atoms with van der Waals surface area (Å²) in [7, 11) is 0. The van der Waals surface area contributed by atoms with Crippen LogP contribution in [0.1, 0.15) is 83.5 Å². The van der Waals surface area contributed by atoms with E-state index in [4.69, 9.17) is 0 Å². The summed E-state index contributed by atoms with van der Waals surface area (Å²) in [6.45, 7) is 0. The second-order valence-electron chi connectivity index (χ2n) is 9.04. The van der Waals surface area contributed by atoms with Crippen molar-refractivity contribution in [1.29, 1.82) is 0 Å². The predicted molar refractivity (Wildman–Crippen MR) is 93.0 cm³/mol. The molecule has 2 nitrogen and oxygen atoms in total. The lowest BCUT2D eigenvalue weighted by molar-refractivity contribution is -0.129. The lowest BCUT2D eigenvalue weighted by Crippen LogP contribution is -2.54. The molecular formula is C19H30BrNO. The van der Waals surface area contributed by atoms with Gasteiger partial charge in [-0.2, -0.15) is 0 Å². The molecule has 22 heavy (non-hydrogen) atoms. The van der Waals surface area contributed by atoms with Crippen LogP contribution in [-0.2, 0) is 4.79 Å². The zero-order chi connectivity index (χ0) is 15.2. The lowest BCUT2D eigenvalue weighted by Gasteiger charge is -2.60. The number of halogens is 1. The minimum absolute atomic E-state index is 0.322. The Morgan fingerprint density at radius 1 is 1.00 bits per heavy atom. The molecule has 0 radical (unpaired) electrons. The summed E-state index contributed by atoms with van der Waals surface area (Å²) in [5.41, 5.74) is 0.322. The van der Waals surface area contributed by atoms with Crippen LogP contribution in [-0.4, -0.2) is 16.3 Å². The summed E-state index contributed by atoms with van der Waals surface area (Å²) in [6, 6.07) is 0.460. The second kappa shape index (κ2) is 5.79. The first-order chi connectivity index (χ1) is 10.5. The Labute approximate surface area is 143 Å². The highest BCUT2D eigenvalue weighted by atomic mass is 79.9. The molecule has 0 heterocycles. The van der Waals surface area contributed by atoms with Gasteiger partial charge in [-0.3, -0.25) is 4.79 Å². The molecule has 5 saturated carbocycles. The van der Waals surface area contributed by atoms with Gasteiger partial charge in [0.15, 0.2) is 0 Å². The fourth-order valence-electron chi connectivity index (χ4n) is 6.59. The zero-order valence-electron chi connectivity index (χ0n) is 13.7. The Morgan fingerprint density at radius 2 is 1.64 bits per heavy atom. The molecule has 5 rings (SSSR count). The van der Waals surface area contributed by atoms with E-state index < -0.39 is 0 Å². The number of rotatable bonds is 3. The monoisotopic (exact) mass is 367 g/mol. The van der Waals surface area contributed by atoms with Gasteiger partial charge in [-0.05, 0) is 68.6 Å². The van der Waals surface area contributed by atoms with Gasteiger partial charge in [0.1, 0.15) is 0 Å². The van der Waals surface area contributed by atoms with Gasteiger partial charge in [-0.15, -0.1) is 0 Å². The van der Waals surface area contributed by atoms with Gasteiger partial charge >= 0.3 is 0 Å². The average molecular weight is 368 g/mol. The van der Waals surface area contributed by atoms with E-state index in [1.165, 1.54) is 77.0 Å². The molecule has 4 bridgehead atoms. The van der Waals surface area contributed by atoms with Gasteiger partial charge in [-0.25, -0.2) is 0 Å². The first-order valence-electron chi connectivity index (χ1n) is 9.53. The molecule has 0 aromatic rings. The van der Waals surface area contributed by atoms with Crippen molar-refractivity contribution in [1.82, 2.24) is 5.32 Å². The minimum Gasteiger partial charge on any atom is -0.353 e. The fourth-order valence-corrected chi connectivity index (χ4v) is 8.10. The summed E-state index contributed by atoms with van der Waals surface area (Å²) < 4.78 is 0.375. The molecular weight excluding hydrogens is 338 g/mol. The van der Waals surface area contributed by atoms with Crippen LogP contribution in [0.2, 0.25) is 0 Å². The summed E-state index contributed by atoms with van der Waals surface area (Å²) in [6.07, 6.45) is 16.5. The van der Waals surface area contributed by atoms with Crippen molar-refractivity contribution >= 4 is 21.8 Å². The molecule has 0 unspecified atom stereocenters. The highest BCUT2D eigenvalue weighted by molar-refractivity contribution is 9.10.